The van der Waals surface area contributed by atoms with Crippen LogP contribution in [0.25, 0.3) is 0 Å². The molecule has 1 heterocycles. The number of hydrogen-bond acceptors (Lipinski definition) is 2. The van der Waals surface area contributed by atoms with Gasteiger partial charge in [0.15, 0.2) is 0 Å². The largest absolute Gasteiger partial charge is 0.335 e. The van der Waals surface area contributed by atoms with Crippen LogP contribution in [0.5, 0.6) is 0 Å². The molecular formula is C8H16ClN3. The summed E-state index contributed by atoms with van der Waals surface area (Å²) in [5.74, 6) is 1.59. The van der Waals surface area contributed by atoms with Gasteiger partial charge in [-0.2, -0.15) is 0 Å². The molecule has 1 atom stereocenters. The van der Waals surface area contributed by atoms with Crippen LogP contribution in [0.3, 0.4) is 0 Å². The third-order valence-electron chi connectivity index (χ3n) is 1.83. The van der Waals surface area contributed by atoms with Crippen molar-refractivity contribution in [3.63, 3.8) is 0 Å². The highest BCUT2D eigenvalue weighted by Gasteiger charge is 2.01. The van der Waals surface area contributed by atoms with Crippen molar-refractivity contribution in [1.82, 2.24) is 9.55 Å². The highest BCUT2D eigenvalue weighted by atomic mass is 35.5. The van der Waals surface area contributed by atoms with Gasteiger partial charge in [-0.15, -0.1) is 12.4 Å². The normalized spacial score (nSPS) is 12.2. The smallest absolute Gasteiger partial charge is 0.105 e. The van der Waals surface area contributed by atoms with E-state index >= 15 is 0 Å². The monoisotopic (exact) mass is 189 g/mol. The Morgan fingerprint density at radius 1 is 1.67 bits per heavy atom. The summed E-state index contributed by atoms with van der Waals surface area (Å²) in [6, 6.07) is 0. The molecular weight excluding hydrogens is 174 g/mol. The first-order valence-electron chi connectivity index (χ1n) is 3.92. The number of rotatable bonds is 3. The van der Waals surface area contributed by atoms with Crippen LogP contribution in [0.1, 0.15) is 12.7 Å². The van der Waals surface area contributed by atoms with Gasteiger partial charge in [0, 0.05) is 18.9 Å². The Labute approximate surface area is 79.4 Å². The summed E-state index contributed by atoms with van der Waals surface area (Å²) >= 11 is 0. The molecule has 0 aliphatic rings. The molecule has 0 spiro atoms. The van der Waals surface area contributed by atoms with Crippen LogP contribution in [0.15, 0.2) is 12.4 Å². The number of nitrogens with zero attached hydrogens (tertiary/aromatic N) is 2. The Bertz CT molecular complexity index is 222. The molecule has 0 amide bonds. The van der Waals surface area contributed by atoms with Crippen LogP contribution in [-0.4, -0.2) is 16.1 Å². The van der Waals surface area contributed by atoms with Crippen LogP contribution in [0.4, 0.5) is 0 Å². The lowest BCUT2D eigenvalue weighted by Gasteiger charge is -2.09. The Hall–Kier alpha value is -0.540. The van der Waals surface area contributed by atoms with Gasteiger partial charge in [0.1, 0.15) is 5.82 Å². The summed E-state index contributed by atoms with van der Waals surface area (Å²) in [6.45, 7) is 5.85. The van der Waals surface area contributed by atoms with Gasteiger partial charge >= 0.3 is 0 Å². The number of nitrogens with two attached hydrogens (primary N) is 1. The molecule has 0 saturated carbocycles. The van der Waals surface area contributed by atoms with Crippen LogP contribution in [0.2, 0.25) is 0 Å². The van der Waals surface area contributed by atoms with Gasteiger partial charge in [0.05, 0.1) is 0 Å². The van der Waals surface area contributed by atoms with Gasteiger partial charge in [-0.3, -0.25) is 0 Å². The molecule has 1 rings (SSSR count). The molecule has 1 unspecified atom stereocenters. The molecule has 0 aliphatic heterocycles. The van der Waals surface area contributed by atoms with Gasteiger partial charge in [-0.05, 0) is 19.4 Å². The second kappa shape index (κ2) is 5.17. The van der Waals surface area contributed by atoms with E-state index in [4.69, 9.17) is 5.73 Å². The summed E-state index contributed by atoms with van der Waals surface area (Å²) < 4.78 is 2.12. The van der Waals surface area contributed by atoms with E-state index in [0.29, 0.717) is 5.92 Å². The van der Waals surface area contributed by atoms with E-state index in [1.54, 1.807) is 0 Å². The molecule has 1 aromatic heterocycles. The van der Waals surface area contributed by atoms with Gasteiger partial charge in [-0.25, -0.2) is 4.98 Å². The van der Waals surface area contributed by atoms with E-state index in [-0.39, 0.29) is 12.4 Å². The van der Waals surface area contributed by atoms with Crippen molar-refractivity contribution in [3.8, 4) is 0 Å². The number of aryl methyl sites for hydroxylation is 1. The highest BCUT2D eigenvalue weighted by molar-refractivity contribution is 5.85. The number of imidazole rings is 1. The zero-order valence-electron chi connectivity index (χ0n) is 7.53. The molecule has 0 radical (unpaired) electrons. The second-order valence-electron chi connectivity index (χ2n) is 2.97. The number of halogens is 1. The molecule has 4 heteroatoms. The third-order valence-corrected chi connectivity index (χ3v) is 1.83. The molecule has 1 aromatic rings. The molecule has 0 aliphatic carbocycles. The van der Waals surface area contributed by atoms with Gasteiger partial charge < -0.3 is 10.3 Å². The summed E-state index contributed by atoms with van der Waals surface area (Å²) in [6.07, 6.45) is 3.81. The molecule has 0 aromatic carbocycles. The fourth-order valence-electron chi connectivity index (χ4n) is 1.01. The van der Waals surface area contributed by atoms with Gasteiger partial charge in [0.25, 0.3) is 0 Å². The van der Waals surface area contributed by atoms with E-state index < -0.39 is 0 Å². The number of hydrogen-bond donors (Lipinski definition) is 1. The first-order valence-corrected chi connectivity index (χ1v) is 3.92. The van der Waals surface area contributed by atoms with Crippen LogP contribution in [0, 0.1) is 12.8 Å². The zero-order valence-corrected chi connectivity index (χ0v) is 8.34. The third kappa shape index (κ3) is 2.83. The van der Waals surface area contributed by atoms with Gasteiger partial charge in [-0.1, -0.05) is 6.92 Å². The van der Waals surface area contributed by atoms with E-state index in [0.717, 1.165) is 18.9 Å². The molecule has 3 nitrogen and oxygen atoms in total. The first-order chi connectivity index (χ1) is 5.24. The number of aromatic nitrogens is 2. The average molecular weight is 190 g/mol. The average Bonchev–Trinajstić information content (AvgIpc) is 2.37. The minimum absolute atomic E-state index is 0. The fraction of sp³-hybridized carbons (Fsp3) is 0.625. The van der Waals surface area contributed by atoms with Crippen LogP contribution < -0.4 is 5.73 Å². The minimum atomic E-state index is 0. The summed E-state index contributed by atoms with van der Waals surface area (Å²) in [5, 5.41) is 0. The lowest BCUT2D eigenvalue weighted by molar-refractivity contribution is 0.484. The molecule has 0 bridgehead atoms. The maximum atomic E-state index is 5.50. The predicted molar refractivity (Wildman–Crippen MR) is 52.4 cm³/mol. The van der Waals surface area contributed by atoms with Crippen molar-refractivity contribution in [2.45, 2.75) is 20.4 Å². The molecule has 0 fully saturated rings. The van der Waals surface area contributed by atoms with E-state index in [9.17, 15) is 0 Å². The molecule has 0 saturated heterocycles. The summed E-state index contributed by atoms with van der Waals surface area (Å²) in [5.41, 5.74) is 5.50. The first kappa shape index (κ1) is 11.5. The van der Waals surface area contributed by atoms with E-state index in [2.05, 4.69) is 16.5 Å². The Morgan fingerprint density at radius 3 is 2.75 bits per heavy atom. The van der Waals surface area contributed by atoms with Crippen LogP contribution in [-0.2, 0) is 6.54 Å². The maximum Gasteiger partial charge on any atom is 0.105 e. The Kier molecular flexibility index (Phi) is 4.93. The molecule has 70 valence electrons. The summed E-state index contributed by atoms with van der Waals surface area (Å²) in [7, 11) is 0. The van der Waals surface area contributed by atoms with Crippen molar-refractivity contribution in [1.29, 1.82) is 0 Å². The predicted octanol–water partition coefficient (Wildman–Crippen LogP) is 1.21. The van der Waals surface area contributed by atoms with E-state index in [1.165, 1.54) is 0 Å². The molecule has 2 N–H and O–H groups in total. The van der Waals surface area contributed by atoms with Gasteiger partial charge in [0.2, 0.25) is 0 Å². The van der Waals surface area contributed by atoms with Crippen LogP contribution >= 0.6 is 12.4 Å². The topological polar surface area (TPSA) is 43.8 Å². The second-order valence-corrected chi connectivity index (χ2v) is 2.97. The maximum absolute atomic E-state index is 5.50. The summed E-state index contributed by atoms with van der Waals surface area (Å²) in [4.78, 5) is 4.13. The highest BCUT2D eigenvalue weighted by Crippen LogP contribution is 2.01. The van der Waals surface area contributed by atoms with E-state index in [1.807, 2.05) is 19.3 Å². The minimum Gasteiger partial charge on any atom is -0.335 e. The van der Waals surface area contributed by atoms with Crippen molar-refractivity contribution >= 4 is 12.4 Å². The fourth-order valence-corrected chi connectivity index (χ4v) is 1.01. The zero-order chi connectivity index (χ0) is 8.27. The van der Waals surface area contributed by atoms with Crippen molar-refractivity contribution < 1.29 is 0 Å². The Balaban J connectivity index is 0.00000121. The SMILES string of the molecule is Cc1nccn1CC(C)CN.Cl. The lowest BCUT2D eigenvalue weighted by atomic mass is 10.2. The van der Waals surface area contributed by atoms with Crippen molar-refractivity contribution in [2.24, 2.45) is 11.7 Å². The van der Waals surface area contributed by atoms with Crippen molar-refractivity contribution in [3.05, 3.63) is 18.2 Å². The Morgan fingerprint density at radius 2 is 2.33 bits per heavy atom. The standard InChI is InChI=1S/C8H15N3.ClH/c1-7(5-9)6-11-4-3-10-8(11)2;/h3-4,7H,5-6,9H2,1-2H3;1H. The lowest BCUT2D eigenvalue weighted by Crippen LogP contribution is -2.17. The van der Waals surface area contributed by atoms with Crippen molar-refractivity contribution in [2.75, 3.05) is 6.54 Å². The quantitative estimate of drug-likeness (QED) is 0.777. The molecule has 12 heavy (non-hydrogen) atoms.